The van der Waals surface area contributed by atoms with Gasteiger partial charge in [-0.2, -0.15) is 0 Å². The Morgan fingerprint density at radius 3 is 2.48 bits per heavy atom. The SMILES string of the molecule is CN=C(NCc1ccc(CN2CCCC2=O)cc1)N(C)Cc1ccccc1Cl.I. The number of hydrogen-bond acceptors (Lipinski definition) is 2. The van der Waals surface area contributed by atoms with Crippen LogP contribution in [0.4, 0.5) is 0 Å². The van der Waals surface area contributed by atoms with Crippen LogP contribution in [0.5, 0.6) is 0 Å². The first kappa shape index (κ1) is 23.5. The van der Waals surface area contributed by atoms with Crippen molar-refractivity contribution in [1.29, 1.82) is 0 Å². The lowest BCUT2D eigenvalue weighted by Crippen LogP contribution is -2.38. The molecule has 7 heteroatoms. The lowest BCUT2D eigenvalue weighted by Gasteiger charge is -2.23. The smallest absolute Gasteiger partial charge is 0.222 e. The Kier molecular flexibility index (Phi) is 9.23. The molecule has 0 atom stereocenters. The van der Waals surface area contributed by atoms with Gasteiger partial charge in [-0.3, -0.25) is 9.79 Å². The minimum Gasteiger partial charge on any atom is -0.352 e. The molecule has 0 saturated carbocycles. The van der Waals surface area contributed by atoms with Gasteiger partial charge in [0.15, 0.2) is 5.96 Å². The van der Waals surface area contributed by atoms with Crippen molar-refractivity contribution in [3.8, 4) is 0 Å². The van der Waals surface area contributed by atoms with E-state index in [9.17, 15) is 4.79 Å². The second-order valence-electron chi connectivity index (χ2n) is 7.08. The van der Waals surface area contributed by atoms with E-state index in [2.05, 4.69) is 39.5 Å². The van der Waals surface area contributed by atoms with Crippen LogP contribution in [0.15, 0.2) is 53.5 Å². The Bertz CT molecular complexity index is 841. The Labute approximate surface area is 195 Å². The minimum atomic E-state index is 0. The largest absolute Gasteiger partial charge is 0.352 e. The minimum absolute atomic E-state index is 0. The fourth-order valence-electron chi connectivity index (χ4n) is 3.38. The molecule has 2 aromatic carbocycles. The zero-order valence-electron chi connectivity index (χ0n) is 16.9. The molecule has 1 saturated heterocycles. The molecule has 0 radical (unpaired) electrons. The van der Waals surface area contributed by atoms with E-state index in [4.69, 9.17) is 11.6 Å². The van der Waals surface area contributed by atoms with Crippen LogP contribution in [-0.4, -0.2) is 42.3 Å². The molecule has 156 valence electrons. The van der Waals surface area contributed by atoms with E-state index in [-0.39, 0.29) is 29.9 Å². The standard InChI is InChI=1S/C22H27ClN4O.HI/c1-24-22(26(2)16-19-6-3-4-7-20(19)23)25-14-17-9-11-18(12-10-17)15-27-13-5-8-21(27)28;/h3-4,6-7,9-12H,5,8,13-16H2,1-2H3,(H,24,25);1H. The van der Waals surface area contributed by atoms with E-state index in [1.54, 1.807) is 7.05 Å². The fourth-order valence-corrected chi connectivity index (χ4v) is 3.57. The van der Waals surface area contributed by atoms with Crippen molar-refractivity contribution in [3.05, 3.63) is 70.2 Å². The highest BCUT2D eigenvalue weighted by Crippen LogP contribution is 2.17. The van der Waals surface area contributed by atoms with Crippen molar-refractivity contribution >= 4 is 47.4 Å². The average Bonchev–Trinajstić information content (AvgIpc) is 3.10. The van der Waals surface area contributed by atoms with E-state index < -0.39 is 0 Å². The van der Waals surface area contributed by atoms with Crippen molar-refractivity contribution in [1.82, 2.24) is 15.1 Å². The lowest BCUT2D eigenvalue weighted by atomic mass is 10.1. The van der Waals surface area contributed by atoms with Crippen LogP contribution in [0, 0.1) is 0 Å². The topological polar surface area (TPSA) is 47.9 Å². The molecule has 0 aromatic heterocycles. The number of aliphatic imine (C=N–C) groups is 1. The molecular formula is C22H28ClIN4O. The quantitative estimate of drug-likeness (QED) is 0.347. The zero-order valence-corrected chi connectivity index (χ0v) is 20.0. The summed E-state index contributed by atoms with van der Waals surface area (Å²) < 4.78 is 0. The summed E-state index contributed by atoms with van der Waals surface area (Å²) >= 11 is 6.26. The maximum Gasteiger partial charge on any atom is 0.222 e. The third-order valence-electron chi connectivity index (χ3n) is 4.96. The van der Waals surface area contributed by atoms with Crippen LogP contribution in [0.25, 0.3) is 0 Å². The summed E-state index contributed by atoms with van der Waals surface area (Å²) in [5.41, 5.74) is 3.40. The number of rotatable bonds is 6. The summed E-state index contributed by atoms with van der Waals surface area (Å²) in [6, 6.07) is 16.2. The molecule has 0 unspecified atom stereocenters. The van der Waals surface area contributed by atoms with Gasteiger partial charge >= 0.3 is 0 Å². The number of likely N-dealkylation sites (tertiary alicyclic amines) is 1. The van der Waals surface area contributed by atoms with Crippen LogP contribution in [-0.2, 0) is 24.4 Å². The normalized spacial score (nSPS) is 14.0. The lowest BCUT2D eigenvalue weighted by molar-refractivity contribution is -0.128. The Morgan fingerprint density at radius 2 is 1.86 bits per heavy atom. The zero-order chi connectivity index (χ0) is 19.9. The number of halogens is 2. The summed E-state index contributed by atoms with van der Waals surface area (Å²) in [5, 5.41) is 4.15. The predicted molar refractivity (Wildman–Crippen MR) is 130 cm³/mol. The molecule has 1 aliphatic heterocycles. The molecule has 1 heterocycles. The molecule has 29 heavy (non-hydrogen) atoms. The highest BCUT2D eigenvalue weighted by Gasteiger charge is 2.19. The number of carbonyl (C=O) groups is 1. The molecule has 0 aliphatic carbocycles. The van der Waals surface area contributed by atoms with Crippen LogP contribution in [0.1, 0.15) is 29.5 Å². The summed E-state index contributed by atoms with van der Waals surface area (Å²) in [7, 11) is 3.77. The molecule has 0 spiro atoms. The van der Waals surface area contributed by atoms with E-state index in [1.165, 1.54) is 11.1 Å². The number of nitrogens with one attached hydrogen (secondary N) is 1. The Morgan fingerprint density at radius 1 is 1.17 bits per heavy atom. The number of amides is 1. The van der Waals surface area contributed by atoms with Crippen molar-refractivity contribution in [2.45, 2.75) is 32.5 Å². The van der Waals surface area contributed by atoms with E-state index >= 15 is 0 Å². The van der Waals surface area contributed by atoms with E-state index in [0.717, 1.165) is 29.5 Å². The fraction of sp³-hybridized carbons (Fsp3) is 0.364. The van der Waals surface area contributed by atoms with Gasteiger partial charge in [-0.1, -0.05) is 54.1 Å². The first-order valence-corrected chi connectivity index (χ1v) is 9.95. The molecule has 0 bridgehead atoms. The van der Waals surface area contributed by atoms with Gasteiger partial charge in [0.2, 0.25) is 5.91 Å². The second kappa shape index (κ2) is 11.4. The van der Waals surface area contributed by atoms with Crippen LogP contribution in [0.3, 0.4) is 0 Å². The number of hydrogen-bond donors (Lipinski definition) is 1. The van der Waals surface area contributed by atoms with Crippen LogP contribution < -0.4 is 5.32 Å². The maximum absolute atomic E-state index is 11.8. The molecule has 1 fully saturated rings. The van der Waals surface area contributed by atoms with E-state index in [0.29, 0.717) is 26.1 Å². The highest BCUT2D eigenvalue weighted by molar-refractivity contribution is 14.0. The van der Waals surface area contributed by atoms with Crippen LogP contribution in [0.2, 0.25) is 5.02 Å². The number of benzene rings is 2. The van der Waals surface area contributed by atoms with Gasteiger partial charge in [-0.25, -0.2) is 0 Å². The molecule has 1 N–H and O–H groups in total. The predicted octanol–water partition coefficient (Wildman–Crippen LogP) is 4.29. The van der Waals surface area contributed by atoms with Gasteiger partial charge in [0, 0.05) is 51.7 Å². The van der Waals surface area contributed by atoms with Crippen molar-refractivity contribution < 1.29 is 4.79 Å². The van der Waals surface area contributed by atoms with Gasteiger partial charge in [0.1, 0.15) is 0 Å². The number of nitrogens with zero attached hydrogens (tertiary/aromatic N) is 3. The van der Waals surface area contributed by atoms with Gasteiger partial charge in [-0.05, 0) is 29.2 Å². The molecule has 2 aromatic rings. The van der Waals surface area contributed by atoms with E-state index in [1.807, 2.05) is 36.2 Å². The van der Waals surface area contributed by atoms with Crippen molar-refractivity contribution in [3.63, 3.8) is 0 Å². The molecule has 1 aliphatic rings. The summed E-state index contributed by atoms with van der Waals surface area (Å²) in [5.74, 6) is 1.07. The maximum atomic E-state index is 11.8. The monoisotopic (exact) mass is 526 g/mol. The summed E-state index contributed by atoms with van der Waals surface area (Å²) in [6.07, 6.45) is 1.66. The molecule has 3 rings (SSSR count). The van der Waals surface area contributed by atoms with Crippen molar-refractivity contribution in [2.24, 2.45) is 4.99 Å². The Hall–Kier alpha value is -1.80. The second-order valence-corrected chi connectivity index (χ2v) is 7.49. The summed E-state index contributed by atoms with van der Waals surface area (Å²) in [4.78, 5) is 20.1. The van der Waals surface area contributed by atoms with Gasteiger partial charge in [0.25, 0.3) is 0 Å². The molecule has 5 nitrogen and oxygen atoms in total. The van der Waals surface area contributed by atoms with Gasteiger partial charge < -0.3 is 15.1 Å². The van der Waals surface area contributed by atoms with Crippen molar-refractivity contribution in [2.75, 3.05) is 20.6 Å². The summed E-state index contributed by atoms with van der Waals surface area (Å²) in [6.45, 7) is 2.94. The first-order valence-electron chi connectivity index (χ1n) is 9.57. The number of carbonyl (C=O) groups excluding carboxylic acids is 1. The molecule has 1 amide bonds. The average molecular weight is 527 g/mol. The van der Waals surface area contributed by atoms with Gasteiger partial charge in [0.05, 0.1) is 0 Å². The number of guanidine groups is 1. The first-order chi connectivity index (χ1) is 13.6. The van der Waals surface area contributed by atoms with Gasteiger partial charge in [-0.15, -0.1) is 24.0 Å². The highest BCUT2D eigenvalue weighted by atomic mass is 127. The third kappa shape index (κ3) is 6.60. The molecular weight excluding hydrogens is 499 g/mol. The van der Waals surface area contributed by atoms with Crippen LogP contribution >= 0.6 is 35.6 Å². The Balaban J connectivity index is 0.00000300. The third-order valence-corrected chi connectivity index (χ3v) is 5.33.